The van der Waals surface area contributed by atoms with Gasteiger partial charge in [-0.15, -0.1) is 11.3 Å². The van der Waals surface area contributed by atoms with Gasteiger partial charge in [-0.3, -0.25) is 4.90 Å². The molecule has 4 nitrogen and oxygen atoms in total. The van der Waals surface area contributed by atoms with Crippen molar-refractivity contribution in [1.82, 2.24) is 19.4 Å². The molecule has 2 aromatic heterocycles. The summed E-state index contributed by atoms with van der Waals surface area (Å²) in [6, 6.07) is 0. The van der Waals surface area contributed by atoms with Crippen molar-refractivity contribution in [1.29, 1.82) is 0 Å². The predicted molar refractivity (Wildman–Crippen MR) is 81.8 cm³/mol. The smallest absolute Gasteiger partial charge is 0.105 e. The second-order valence-corrected chi connectivity index (χ2v) is 6.79. The highest BCUT2D eigenvalue weighted by atomic mass is 32.1. The molecule has 0 aliphatic carbocycles. The van der Waals surface area contributed by atoms with Crippen molar-refractivity contribution in [3.05, 3.63) is 34.3 Å². The van der Waals surface area contributed by atoms with Crippen LogP contribution in [0.1, 0.15) is 29.4 Å². The first-order valence-electron chi connectivity index (χ1n) is 7.32. The molecule has 3 rings (SSSR count). The van der Waals surface area contributed by atoms with Gasteiger partial charge in [0.25, 0.3) is 0 Å². The van der Waals surface area contributed by atoms with Gasteiger partial charge >= 0.3 is 0 Å². The van der Waals surface area contributed by atoms with Gasteiger partial charge in [-0.25, -0.2) is 9.97 Å². The van der Waals surface area contributed by atoms with E-state index in [-0.39, 0.29) is 0 Å². The highest BCUT2D eigenvalue weighted by Gasteiger charge is 2.21. The van der Waals surface area contributed by atoms with E-state index >= 15 is 0 Å². The van der Waals surface area contributed by atoms with Crippen LogP contribution in [0.4, 0.5) is 0 Å². The average molecular weight is 290 g/mol. The summed E-state index contributed by atoms with van der Waals surface area (Å²) in [5.74, 6) is 1.86. The minimum atomic E-state index is 0.733. The van der Waals surface area contributed by atoms with Crippen molar-refractivity contribution in [2.45, 2.75) is 39.8 Å². The van der Waals surface area contributed by atoms with Crippen LogP contribution in [0.2, 0.25) is 0 Å². The molecule has 3 heterocycles. The molecule has 1 fully saturated rings. The Morgan fingerprint density at radius 1 is 1.40 bits per heavy atom. The number of aromatic nitrogens is 3. The van der Waals surface area contributed by atoms with Crippen molar-refractivity contribution in [3.63, 3.8) is 0 Å². The minimum Gasteiger partial charge on any atom is -0.335 e. The normalized spacial score (nSPS) is 20.4. The molecule has 5 heteroatoms. The van der Waals surface area contributed by atoms with E-state index in [1.165, 1.54) is 36.6 Å². The van der Waals surface area contributed by atoms with Gasteiger partial charge < -0.3 is 4.57 Å². The van der Waals surface area contributed by atoms with Crippen molar-refractivity contribution in [2.75, 3.05) is 13.1 Å². The van der Waals surface area contributed by atoms with Crippen LogP contribution in [0.15, 0.2) is 17.8 Å². The number of piperidine rings is 1. The van der Waals surface area contributed by atoms with Crippen molar-refractivity contribution >= 4 is 11.3 Å². The maximum Gasteiger partial charge on any atom is 0.105 e. The van der Waals surface area contributed by atoms with Crippen molar-refractivity contribution in [2.24, 2.45) is 5.92 Å². The first-order valence-corrected chi connectivity index (χ1v) is 8.20. The minimum absolute atomic E-state index is 0.733. The Morgan fingerprint density at radius 2 is 2.30 bits per heavy atom. The number of nitrogens with zero attached hydrogens (tertiary/aromatic N) is 4. The van der Waals surface area contributed by atoms with Gasteiger partial charge in [-0.1, -0.05) is 0 Å². The second kappa shape index (κ2) is 6.06. The molecule has 0 unspecified atom stereocenters. The van der Waals surface area contributed by atoms with E-state index in [9.17, 15) is 0 Å². The molecular weight excluding hydrogens is 268 g/mol. The molecular formula is C15H22N4S. The first kappa shape index (κ1) is 13.8. The Morgan fingerprint density at radius 3 is 3.00 bits per heavy atom. The van der Waals surface area contributed by atoms with Gasteiger partial charge in [0.2, 0.25) is 0 Å². The second-order valence-electron chi connectivity index (χ2n) is 5.73. The lowest BCUT2D eigenvalue weighted by Gasteiger charge is -2.32. The quantitative estimate of drug-likeness (QED) is 0.868. The number of rotatable bonds is 4. The maximum absolute atomic E-state index is 4.58. The topological polar surface area (TPSA) is 34.0 Å². The maximum atomic E-state index is 4.58. The van der Waals surface area contributed by atoms with Gasteiger partial charge in [0, 0.05) is 37.4 Å². The molecule has 1 saturated heterocycles. The summed E-state index contributed by atoms with van der Waals surface area (Å²) >= 11 is 1.75. The number of hydrogen-bond acceptors (Lipinski definition) is 4. The SMILES string of the molecule is Cc1nc(CN2CCC[C@@H](Cn3ccnc3C)C2)cs1. The molecule has 108 valence electrons. The molecule has 0 bridgehead atoms. The van der Waals surface area contributed by atoms with Crippen LogP contribution in [-0.2, 0) is 13.1 Å². The zero-order valence-electron chi connectivity index (χ0n) is 12.2. The fourth-order valence-corrected chi connectivity index (χ4v) is 3.63. The summed E-state index contributed by atoms with van der Waals surface area (Å²) in [5.41, 5.74) is 1.23. The molecule has 1 atom stereocenters. The van der Waals surface area contributed by atoms with Gasteiger partial charge in [-0.2, -0.15) is 0 Å². The highest BCUT2D eigenvalue weighted by Crippen LogP contribution is 2.21. The Kier molecular flexibility index (Phi) is 4.17. The van der Waals surface area contributed by atoms with E-state index in [0.29, 0.717) is 0 Å². The molecule has 20 heavy (non-hydrogen) atoms. The Hall–Kier alpha value is -1.20. The molecule has 0 N–H and O–H groups in total. The number of thiazole rings is 1. The predicted octanol–water partition coefficient (Wildman–Crippen LogP) is 2.87. The molecule has 0 radical (unpaired) electrons. The summed E-state index contributed by atoms with van der Waals surface area (Å²) in [6.07, 6.45) is 6.61. The van der Waals surface area contributed by atoms with Crippen molar-refractivity contribution in [3.8, 4) is 0 Å². The third-order valence-electron chi connectivity index (χ3n) is 4.03. The molecule has 1 aliphatic heterocycles. The standard InChI is InChI=1S/C15H22N4S/c1-12-16-5-7-19(12)9-14-4-3-6-18(8-14)10-15-11-20-13(2)17-15/h5,7,11,14H,3-4,6,8-10H2,1-2H3/t14-/m1/s1. The number of likely N-dealkylation sites (tertiary alicyclic amines) is 1. The summed E-state index contributed by atoms with van der Waals surface area (Å²) < 4.78 is 2.28. The van der Waals surface area contributed by atoms with Crippen LogP contribution in [0.25, 0.3) is 0 Å². The molecule has 0 aromatic carbocycles. The Balaban J connectivity index is 1.57. The third kappa shape index (κ3) is 3.27. The summed E-state index contributed by atoms with van der Waals surface area (Å²) in [7, 11) is 0. The van der Waals surface area contributed by atoms with E-state index in [1.807, 2.05) is 6.20 Å². The van der Waals surface area contributed by atoms with Gasteiger partial charge in [0.1, 0.15) is 5.82 Å². The van der Waals surface area contributed by atoms with E-state index in [0.717, 1.165) is 24.8 Å². The highest BCUT2D eigenvalue weighted by molar-refractivity contribution is 7.09. The van der Waals surface area contributed by atoms with Crippen LogP contribution in [0.3, 0.4) is 0 Å². The third-order valence-corrected chi connectivity index (χ3v) is 4.86. The van der Waals surface area contributed by atoms with Gasteiger partial charge in [0.15, 0.2) is 0 Å². The van der Waals surface area contributed by atoms with Gasteiger partial charge in [0.05, 0.1) is 10.7 Å². The fraction of sp³-hybridized carbons (Fsp3) is 0.600. The number of aryl methyl sites for hydroxylation is 2. The monoisotopic (exact) mass is 290 g/mol. The molecule has 1 aliphatic rings. The van der Waals surface area contributed by atoms with Crippen molar-refractivity contribution < 1.29 is 0 Å². The van der Waals surface area contributed by atoms with E-state index in [1.54, 1.807) is 11.3 Å². The molecule has 0 spiro atoms. The summed E-state index contributed by atoms with van der Waals surface area (Å²) in [6.45, 7) is 8.64. The molecule has 2 aromatic rings. The van der Waals surface area contributed by atoms with E-state index in [2.05, 4.69) is 44.9 Å². The lowest BCUT2D eigenvalue weighted by molar-refractivity contribution is 0.154. The lowest BCUT2D eigenvalue weighted by Crippen LogP contribution is -2.36. The van der Waals surface area contributed by atoms with Crippen LogP contribution in [0, 0.1) is 19.8 Å². The lowest BCUT2D eigenvalue weighted by atomic mass is 9.98. The average Bonchev–Trinajstić information content (AvgIpc) is 3.00. The Labute approximate surface area is 124 Å². The molecule has 0 amide bonds. The van der Waals surface area contributed by atoms with Crippen LogP contribution in [-0.4, -0.2) is 32.5 Å². The number of imidazole rings is 1. The summed E-state index contributed by atoms with van der Waals surface area (Å²) in [4.78, 5) is 11.4. The van der Waals surface area contributed by atoms with E-state index in [4.69, 9.17) is 0 Å². The van der Waals surface area contributed by atoms with Gasteiger partial charge in [-0.05, 0) is 39.2 Å². The number of hydrogen-bond donors (Lipinski definition) is 0. The first-order chi connectivity index (χ1) is 9.70. The summed E-state index contributed by atoms with van der Waals surface area (Å²) in [5, 5.41) is 3.36. The molecule has 0 saturated carbocycles. The van der Waals surface area contributed by atoms with Crippen LogP contribution >= 0.6 is 11.3 Å². The zero-order valence-corrected chi connectivity index (χ0v) is 13.1. The fourth-order valence-electron chi connectivity index (χ4n) is 3.03. The van der Waals surface area contributed by atoms with E-state index < -0.39 is 0 Å². The largest absolute Gasteiger partial charge is 0.335 e. The zero-order chi connectivity index (χ0) is 13.9. The van der Waals surface area contributed by atoms with Crippen LogP contribution in [0.5, 0.6) is 0 Å². The van der Waals surface area contributed by atoms with Crippen LogP contribution < -0.4 is 0 Å². The Bertz CT molecular complexity index is 560.